The highest BCUT2D eigenvalue weighted by Crippen LogP contribution is 2.26. The van der Waals surface area contributed by atoms with Gasteiger partial charge in [-0.1, -0.05) is 23.2 Å². The standard InChI is InChI=1S/C18H21Cl2N3O3/c1-17(2,3)26-16(25)23-8-6-18(11-21,7-9-23)22-15(24)13-5-4-12(19)10-14(13)20/h4-5,10H,6-9H2,1-3H3,(H,22,24). The Balaban J connectivity index is 2.04. The number of halogens is 2. The number of hydrogen-bond donors (Lipinski definition) is 1. The Bertz CT molecular complexity index is 745. The van der Waals surface area contributed by atoms with Gasteiger partial charge in [0, 0.05) is 31.0 Å². The highest BCUT2D eigenvalue weighted by molar-refractivity contribution is 6.36. The molecule has 0 radical (unpaired) electrons. The van der Waals surface area contributed by atoms with Gasteiger partial charge in [-0.15, -0.1) is 0 Å². The third-order valence-electron chi connectivity index (χ3n) is 4.01. The normalized spacial score (nSPS) is 16.5. The third-order valence-corrected chi connectivity index (χ3v) is 4.56. The van der Waals surface area contributed by atoms with Crippen molar-refractivity contribution in [2.75, 3.05) is 13.1 Å². The number of nitrogens with one attached hydrogen (secondary N) is 1. The van der Waals surface area contributed by atoms with Crippen LogP contribution in [0.4, 0.5) is 4.79 Å². The summed E-state index contributed by atoms with van der Waals surface area (Å²) < 4.78 is 5.34. The molecule has 140 valence electrons. The van der Waals surface area contributed by atoms with E-state index in [9.17, 15) is 14.9 Å². The quantitative estimate of drug-likeness (QED) is 0.816. The number of likely N-dealkylation sites (tertiary alicyclic amines) is 1. The number of carbonyl (C=O) groups excluding carboxylic acids is 2. The first-order valence-electron chi connectivity index (χ1n) is 8.22. The van der Waals surface area contributed by atoms with Crippen LogP contribution in [0.1, 0.15) is 44.0 Å². The van der Waals surface area contributed by atoms with Crippen molar-refractivity contribution in [1.29, 1.82) is 5.26 Å². The average molecular weight is 398 g/mol. The van der Waals surface area contributed by atoms with E-state index >= 15 is 0 Å². The number of hydrogen-bond acceptors (Lipinski definition) is 4. The van der Waals surface area contributed by atoms with Crippen LogP contribution in [0.3, 0.4) is 0 Å². The van der Waals surface area contributed by atoms with Crippen LogP contribution in [-0.2, 0) is 4.74 Å². The zero-order valence-electron chi connectivity index (χ0n) is 14.9. The predicted molar refractivity (Wildman–Crippen MR) is 99.3 cm³/mol. The molecule has 1 aromatic carbocycles. The van der Waals surface area contributed by atoms with Gasteiger partial charge < -0.3 is 15.0 Å². The predicted octanol–water partition coefficient (Wildman–Crippen LogP) is 4.02. The van der Waals surface area contributed by atoms with Gasteiger partial charge in [-0.2, -0.15) is 5.26 Å². The SMILES string of the molecule is CC(C)(C)OC(=O)N1CCC(C#N)(NC(=O)c2ccc(Cl)cc2Cl)CC1. The summed E-state index contributed by atoms with van der Waals surface area (Å²) in [7, 11) is 0. The minimum absolute atomic E-state index is 0.217. The molecule has 2 amide bonds. The Morgan fingerprint density at radius 3 is 2.38 bits per heavy atom. The maximum atomic E-state index is 12.5. The van der Waals surface area contributed by atoms with E-state index in [0.29, 0.717) is 31.0 Å². The van der Waals surface area contributed by atoms with Gasteiger partial charge in [-0.3, -0.25) is 4.79 Å². The number of ether oxygens (including phenoxy) is 1. The molecule has 1 aromatic rings. The summed E-state index contributed by atoms with van der Waals surface area (Å²) in [5, 5.41) is 13.0. The molecule has 1 heterocycles. The van der Waals surface area contributed by atoms with Gasteiger partial charge in [0.15, 0.2) is 0 Å². The number of nitrogens with zero attached hydrogens (tertiary/aromatic N) is 2. The summed E-state index contributed by atoms with van der Waals surface area (Å²) >= 11 is 11.9. The van der Waals surface area contributed by atoms with Gasteiger partial charge in [0.1, 0.15) is 11.1 Å². The van der Waals surface area contributed by atoms with Gasteiger partial charge in [-0.25, -0.2) is 4.79 Å². The zero-order valence-corrected chi connectivity index (χ0v) is 16.4. The largest absolute Gasteiger partial charge is 0.444 e. The first-order chi connectivity index (χ1) is 12.1. The number of nitriles is 1. The summed E-state index contributed by atoms with van der Waals surface area (Å²) in [6.07, 6.45) is 0.190. The van der Waals surface area contributed by atoms with Crippen LogP contribution in [0.2, 0.25) is 10.0 Å². The van der Waals surface area contributed by atoms with Crippen LogP contribution in [0.15, 0.2) is 18.2 Å². The Labute approximate surface area is 163 Å². The van der Waals surface area contributed by atoms with Gasteiger partial charge in [0.05, 0.1) is 16.7 Å². The van der Waals surface area contributed by atoms with E-state index in [0.717, 1.165) is 0 Å². The molecule has 6 nitrogen and oxygen atoms in total. The number of amides is 2. The Morgan fingerprint density at radius 2 is 1.88 bits per heavy atom. The highest BCUT2D eigenvalue weighted by atomic mass is 35.5. The topological polar surface area (TPSA) is 82.4 Å². The summed E-state index contributed by atoms with van der Waals surface area (Å²) in [6, 6.07) is 6.73. The van der Waals surface area contributed by atoms with E-state index in [1.165, 1.54) is 12.1 Å². The average Bonchev–Trinajstić information content (AvgIpc) is 2.53. The second kappa shape index (κ2) is 7.73. The molecule has 0 aromatic heterocycles. The summed E-state index contributed by atoms with van der Waals surface area (Å²) in [5.74, 6) is -0.445. The van der Waals surface area contributed by atoms with Crippen LogP contribution < -0.4 is 5.32 Å². The smallest absolute Gasteiger partial charge is 0.410 e. The molecule has 0 atom stereocenters. The molecule has 0 bridgehead atoms. The minimum atomic E-state index is -1.06. The fraction of sp³-hybridized carbons (Fsp3) is 0.500. The van der Waals surface area contributed by atoms with Crippen molar-refractivity contribution < 1.29 is 14.3 Å². The van der Waals surface area contributed by atoms with E-state index in [4.69, 9.17) is 27.9 Å². The van der Waals surface area contributed by atoms with Gasteiger partial charge in [0.2, 0.25) is 0 Å². The van der Waals surface area contributed by atoms with Crippen molar-refractivity contribution >= 4 is 35.2 Å². The van der Waals surface area contributed by atoms with Crippen LogP contribution >= 0.6 is 23.2 Å². The van der Waals surface area contributed by atoms with Gasteiger partial charge >= 0.3 is 6.09 Å². The van der Waals surface area contributed by atoms with E-state index < -0.39 is 23.1 Å². The van der Waals surface area contributed by atoms with E-state index in [1.807, 2.05) is 0 Å². The van der Waals surface area contributed by atoms with Crippen molar-refractivity contribution in [2.45, 2.75) is 44.8 Å². The first-order valence-corrected chi connectivity index (χ1v) is 8.98. The molecule has 0 spiro atoms. The molecular formula is C18H21Cl2N3O3. The number of benzene rings is 1. The lowest BCUT2D eigenvalue weighted by Gasteiger charge is -2.38. The molecule has 1 aliphatic rings. The molecule has 1 fully saturated rings. The van der Waals surface area contributed by atoms with E-state index in [-0.39, 0.29) is 10.6 Å². The maximum Gasteiger partial charge on any atom is 0.410 e. The Kier molecular flexibility index (Phi) is 6.05. The summed E-state index contributed by atoms with van der Waals surface area (Å²) in [6.45, 7) is 6.02. The molecule has 0 aliphatic carbocycles. The molecule has 26 heavy (non-hydrogen) atoms. The summed E-state index contributed by atoms with van der Waals surface area (Å²) in [5.41, 5.74) is -1.39. The monoisotopic (exact) mass is 397 g/mol. The fourth-order valence-corrected chi connectivity index (χ4v) is 3.11. The summed E-state index contributed by atoms with van der Waals surface area (Å²) in [4.78, 5) is 26.2. The molecule has 1 aliphatic heterocycles. The molecule has 8 heteroatoms. The van der Waals surface area contributed by atoms with E-state index in [2.05, 4.69) is 11.4 Å². The molecule has 0 unspecified atom stereocenters. The fourth-order valence-electron chi connectivity index (χ4n) is 2.62. The van der Waals surface area contributed by atoms with Crippen molar-refractivity contribution in [3.05, 3.63) is 33.8 Å². The van der Waals surface area contributed by atoms with Crippen LogP contribution in [-0.4, -0.2) is 41.1 Å². The Hall–Kier alpha value is -1.97. The molecule has 2 rings (SSSR count). The first kappa shape index (κ1) is 20.3. The molecule has 1 N–H and O–H groups in total. The van der Waals surface area contributed by atoms with Crippen LogP contribution in [0, 0.1) is 11.3 Å². The maximum absolute atomic E-state index is 12.5. The highest BCUT2D eigenvalue weighted by Gasteiger charge is 2.39. The second-order valence-corrected chi connectivity index (χ2v) is 8.08. The molecule has 0 saturated carbocycles. The second-order valence-electron chi connectivity index (χ2n) is 7.24. The van der Waals surface area contributed by atoms with Crippen molar-refractivity contribution in [2.24, 2.45) is 0 Å². The lowest BCUT2D eigenvalue weighted by Crippen LogP contribution is -2.55. The van der Waals surface area contributed by atoms with Crippen molar-refractivity contribution in [1.82, 2.24) is 10.2 Å². The molecular weight excluding hydrogens is 377 g/mol. The van der Waals surface area contributed by atoms with Gasteiger partial charge in [0.25, 0.3) is 5.91 Å². The lowest BCUT2D eigenvalue weighted by molar-refractivity contribution is 0.0177. The minimum Gasteiger partial charge on any atom is -0.444 e. The van der Waals surface area contributed by atoms with Crippen molar-refractivity contribution in [3.63, 3.8) is 0 Å². The number of piperidine rings is 1. The number of carbonyl (C=O) groups is 2. The Morgan fingerprint density at radius 1 is 1.27 bits per heavy atom. The molecule has 1 saturated heterocycles. The number of rotatable bonds is 2. The van der Waals surface area contributed by atoms with Crippen LogP contribution in [0.5, 0.6) is 0 Å². The lowest BCUT2D eigenvalue weighted by atomic mass is 9.88. The van der Waals surface area contributed by atoms with Gasteiger partial charge in [-0.05, 0) is 39.0 Å². The van der Waals surface area contributed by atoms with E-state index in [1.54, 1.807) is 31.7 Å². The van der Waals surface area contributed by atoms with Crippen LogP contribution in [0.25, 0.3) is 0 Å². The van der Waals surface area contributed by atoms with Crippen molar-refractivity contribution in [3.8, 4) is 6.07 Å². The zero-order chi connectivity index (χ0) is 19.5. The third kappa shape index (κ3) is 5.03.